The molecule has 0 spiro atoms. The minimum absolute atomic E-state index is 0.216. The third-order valence-corrected chi connectivity index (χ3v) is 6.24. The van der Waals surface area contributed by atoms with Gasteiger partial charge in [-0.3, -0.25) is 0 Å². The second-order valence-electron chi connectivity index (χ2n) is 8.30. The van der Waals surface area contributed by atoms with E-state index in [-0.39, 0.29) is 5.82 Å². The Morgan fingerprint density at radius 1 is 0.800 bits per heavy atom. The number of para-hydroxylation sites is 1. The van der Waals surface area contributed by atoms with Crippen LogP contribution in [0.3, 0.4) is 0 Å². The van der Waals surface area contributed by atoms with Crippen molar-refractivity contribution in [3.63, 3.8) is 0 Å². The number of nitrogen functional groups attached to an aromatic ring is 1. The maximum atomic E-state index is 13.9. The van der Waals surface area contributed by atoms with Crippen LogP contribution in [0.15, 0.2) is 66.7 Å². The topological polar surface area (TPSA) is 35.2 Å². The van der Waals surface area contributed by atoms with E-state index in [9.17, 15) is 4.39 Å². The highest BCUT2D eigenvalue weighted by molar-refractivity contribution is 5.46. The Morgan fingerprint density at radius 3 is 2.30 bits per heavy atom. The fourth-order valence-electron chi connectivity index (χ4n) is 4.43. The average molecular weight is 404 g/mol. The van der Waals surface area contributed by atoms with Crippen LogP contribution in [-0.2, 0) is 19.4 Å². The summed E-state index contributed by atoms with van der Waals surface area (Å²) < 4.78 is 19.9. The molecule has 156 valence electrons. The summed E-state index contributed by atoms with van der Waals surface area (Å²) in [7, 11) is 0. The van der Waals surface area contributed by atoms with Gasteiger partial charge in [0, 0.05) is 5.69 Å². The molecule has 3 aromatic carbocycles. The summed E-state index contributed by atoms with van der Waals surface area (Å²) in [5.74, 6) is 1.34. The van der Waals surface area contributed by atoms with Crippen LogP contribution in [-0.4, -0.2) is 0 Å². The number of anilines is 1. The summed E-state index contributed by atoms with van der Waals surface area (Å²) in [5, 5.41) is 0. The molecule has 4 rings (SSSR count). The zero-order valence-corrected chi connectivity index (χ0v) is 17.4. The molecule has 0 bridgehead atoms. The molecule has 2 N–H and O–H groups in total. The molecule has 0 amide bonds. The largest absolute Gasteiger partial charge is 0.489 e. The highest BCUT2D eigenvalue weighted by Crippen LogP contribution is 2.33. The zero-order valence-electron chi connectivity index (χ0n) is 17.4. The van der Waals surface area contributed by atoms with E-state index in [0.717, 1.165) is 41.0 Å². The van der Waals surface area contributed by atoms with E-state index in [1.807, 2.05) is 30.3 Å². The van der Waals surface area contributed by atoms with Gasteiger partial charge < -0.3 is 10.5 Å². The van der Waals surface area contributed by atoms with Gasteiger partial charge in [0.05, 0.1) is 0 Å². The number of hydrogen-bond acceptors (Lipinski definition) is 2. The number of rotatable bonds is 7. The summed E-state index contributed by atoms with van der Waals surface area (Å²) in [4.78, 5) is 0. The molecule has 0 aliphatic heterocycles. The average Bonchev–Trinajstić information content (AvgIpc) is 2.79. The van der Waals surface area contributed by atoms with Gasteiger partial charge in [-0.15, -0.1) is 0 Å². The van der Waals surface area contributed by atoms with Gasteiger partial charge in [0.25, 0.3) is 0 Å². The van der Waals surface area contributed by atoms with Gasteiger partial charge in [-0.1, -0.05) is 55.7 Å². The molecular formula is C27H30FNO. The quantitative estimate of drug-likeness (QED) is 0.439. The summed E-state index contributed by atoms with van der Waals surface area (Å²) in [6.45, 7) is 0.433. The van der Waals surface area contributed by atoms with Crippen molar-refractivity contribution in [1.29, 1.82) is 0 Å². The molecule has 0 atom stereocenters. The smallest absolute Gasteiger partial charge is 0.123 e. The lowest BCUT2D eigenvalue weighted by Gasteiger charge is -2.22. The highest BCUT2D eigenvalue weighted by Gasteiger charge is 2.15. The van der Waals surface area contributed by atoms with Crippen molar-refractivity contribution in [1.82, 2.24) is 0 Å². The number of halogens is 1. The van der Waals surface area contributed by atoms with Crippen molar-refractivity contribution >= 4 is 5.69 Å². The number of ether oxygens (including phenoxy) is 1. The van der Waals surface area contributed by atoms with E-state index in [4.69, 9.17) is 10.5 Å². The van der Waals surface area contributed by atoms with Crippen LogP contribution in [0.4, 0.5) is 10.1 Å². The van der Waals surface area contributed by atoms with Crippen LogP contribution in [0.5, 0.6) is 5.75 Å². The molecule has 2 nitrogen and oxygen atoms in total. The minimum Gasteiger partial charge on any atom is -0.489 e. The van der Waals surface area contributed by atoms with Crippen molar-refractivity contribution in [2.75, 3.05) is 5.73 Å². The molecule has 0 radical (unpaired) electrons. The van der Waals surface area contributed by atoms with Gasteiger partial charge in [-0.2, -0.15) is 0 Å². The molecule has 1 aliphatic carbocycles. The zero-order chi connectivity index (χ0) is 20.8. The van der Waals surface area contributed by atoms with Crippen LogP contribution < -0.4 is 10.5 Å². The first-order valence-corrected chi connectivity index (χ1v) is 11.0. The Bertz CT molecular complexity index is 961. The van der Waals surface area contributed by atoms with Crippen LogP contribution in [0.1, 0.15) is 60.3 Å². The normalized spacial score (nSPS) is 14.6. The van der Waals surface area contributed by atoms with Crippen LogP contribution in [0.25, 0.3) is 0 Å². The first kappa shape index (κ1) is 20.5. The second-order valence-corrected chi connectivity index (χ2v) is 8.30. The van der Waals surface area contributed by atoms with E-state index >= 15 is 0 Å². The van der Waals surface area contributed by atoms with Gasteiger partial charge in [0.1, 0.15) is 18.2 Å². The SMILES string of the molecule is Nc1ccccc1CCc1cc(F)ccc1COc1ccc(C2CCCCC2)cc1. The molecule has 1 aliphatic rings. The van der Waals surface area contributed by atoms with Crippen molar-refractivity contribution in [3.05, 3.63) is 94.8 Å². The number of hydrogen-bond donors (Lipinski definition) is 1. The van der Waals surface area contributed by atoms with Gasteiger partial charge in [-0.05, 0) is 84.2 Å². The molecule has 1 fully saturated rings. The van der Waals surface area contributed by atoms with Crippen molar-refractivity contribution in [2.45, 2.75) is 57.5 Å². The summed E-state index contributed by atoms with van der Waals surface area (Å²) >= 11 is 0. The molecule has 0 saturated heterocycles. The van der Waals surface area contributed by atoms with E-state index in [0.29, 0.717) is 12.5 Å². The number of nitrogens with two attached hydrogens (primary N) is 1. The van der Waals surface area contributed by atoms with Crippen molar-refractivity contribution < 1.29 is 9.13 Å². The number of aryl methyl sites for hydroxylation is 2. The lowest BCUT2D eigenvalue weighted by Crippen LogP contribution is -2.05. The second kappa shape index (κ2) is 9.80. The molecule has 30 heavy (non-hydrogen) atoms. The monoisotopic (exact) mass is 403 g/mol. The Kier molecular flexibility index (Phi) is 6.68. The predicted molar refractivity (Wildman–Crippen MR) is 121 cm³/mol. The Labute approximate surface area is 178 Å². The van der Waals surface area contributed by atoms with E-state index in [2.05, 4.69) is 24.3 Å². The summed E-state index contributed by atoms with van der Waals surface area (Å²) in [6, 6.07) is 21.3. The maximum Gasteiger partial charge on any atom is 0.123 e. The standard InChI is InChI=1S/C27H30FNO/c28-25-15-12-24(23(18-25)11-10-22-8-4-5-9-27(22)29)19-30-26-16-13-21(14-17-26)20-6-2-1-3-7-20/h4-5,8-9,12-18,20H,1-3,6-7,10-11,19,29H2. The Morgan fingerprint density at radius 2 is 1.53 bits per heavy atom. The molecular weight excluding hydrogens is 373 g/mol. The van der Waals surface area contributed by atoms with Gasteiger partial charge in [0.2, 0.25) is 0 Å². The predicted octanol–water partition coefficient (Wildman–Crippen LogP) is 6.82. The molecule has 0 aromatic heterocycles. The molecule has 3 aromatic rings. The van der Waals surface area contributed by atoms with E-state index in [1.54, 1.807) is 6.07 Å². The van der Waals surface area contributed by atoms with Gasteiger partial charge in [0.15, 0.2) is 0 Å². The van der Waals surface area contributed by atoms with Crippen molar-refractivity contribution in [3.8, 4) is 5.75 Å². The van der Waals surface area contributed by atoms with Crippen LogP contribution in [0, 0.1) is 5.82 Å². The van der Waals surface area contributed by atoms with Crippen LogP contribution in [0.2, 0.25) is 0 Å². The highest BCUT2D eigenvalue weighted by atomic mass is 19.1. The Hall–Kier alpha value is -2.81. The van der Waals surface area contributed by atoms with Crippen molar-refractivity contribution in [2.24, 2.45) is 0 Å². The summed E-state index contributed by atoms with van der Waals surface area (Å²) in [6.07, 6.45) is 8.14. The van der Waals surface area contributed by atoms with E-state index < -0.39 is 0 Å². The van der Waals surface area contributed by atoms with E-state index in [1.165, 1.54) is 43.7 Å². The third kappa shape index (κ3) is 5.21. The number of benzene rings is 3. The maximum absolute atomic E-state index is 13.9. The first-order valence-electron chi connectivity index (χ1n) is 11.0. The Balaban J connectivity index is 1.40. The minimum atomic E-state index is -0.216. The summed E-state index contributed by atoms with van der Waals surface area (Å²) in [5.41, 5.74) is 11.3. The third-order valence-electron chi connectivity index (χ3n) is 6.24. The van der Waals surface area contributed by atoms with Gasteiger partial charge in [-0.25, -0.2) is 4.39 Å². The molecule has 0 heterocycles. The fourth-order valence-corrected chi connectivity index (χ4v) is 4.43. The first-order chi connectivity index (χ1) is 14.7. The lowest BCUT2D eigenvalue weighted by molar-refractivity contribution is 0.304. The molecule has 3 heteroatoms. The molecule has 0 unspecified atom stereocenters. The lowest BCUT2D eigenvalue weighted by atomic mass is 9.84. The van der Waals surface area contributed by atoms with Crippen LogP contribution >= 0.6 is 0 Å². The fraction of sp³-hybridized carbons (Fsp3) is 0.333. The molecule has 1 saturated carbocycles. The van der Waals surface area contributed by atoms with Gasteiger partial charge >= 0.3 is 0 Å².